The number of ether oxygens (including phenoxy) is 1. The molecule has 4 nitrogen and oxygen atoms in total. The first kappa shape index (κ1) is 15.2. The van der Waals surface area contributed by atoms with E-state index in [2.05, 4.69) is 5.32 Å². The lowest BCUT2D eigenvalue weighted by Gasteiger charge is -2.05. The summed E-state index contributed by atoms with van der Waals surface area (Å²) in [6, 6.07) is 9.90. The molecular formula is C15H21NO3. The molecule has 1 aromatic rings. The second-order valence-electron chi connectivity index (χ2n) is 4.24. The third kappa shape index (κ3) is 7.24. The third-order valence-electron chi connectivity index (χ3n) is 2.67. The zero-order valence-electron chi connectivity index (χ0n) is 11.4. The van der Waals surface area contributed by atoms with Crippen LogP contribution < -0.4 is 5.32 Å². The fourth-order valence-corrected chi connectivity index (χ4v) is 1.68. The smallest absolute Gasteiger partial charge is 0.305 e. The summed E-state index contributed by atoms with van der Waals surface area (Å²) in [4.78, 5) is 22.6. The molecule has 0 bridgehead atoms. The van der Waals surface area contributed by atoms with Crippen molar-refractivity contribution in [1.29, 1.82) is 0 Å². The predicted molar refractivity (Wildman–Crippen MR) is 73.6 cm³/mol. The molecule has 0 aliphatic heterocycles. The van der Waals surface area contributed by atoms with Gasteiger partial charge in [0.15, 0.2) is 0 Å². The first-order chi connectivity index (χ1) is 9.22. The first-order valence-electron chi connectivity index (χ1n) is 6.68. The number of benzene rings is 1. The van der Waals surface area contributed by atoms with Crippen LogP contribution in [0.25, 0.3) is 0 Å². The van der Waals surface area contributed by atoms with Crippen LogP contribution in [-0.4, -0.2) is 25.0 Å². The quantitative estimate of drug-likeness (QED) is 0.577. The summed E-state index contributed by atoms with van der Waals surface area (Å²) in [7, 11) is 0. The number of amides is 1. The molecule has 0 radical (unpaired) electrons. The van der Waals surface area contributed by atoms with Gasteiger partial charge in [0.05, 0.1) is 6.61 Å². The van der Waals surface area contributed by atoms with E-state index in [0.717, 1.165) is 12.0 Å². The van der Waals surface area contributed by atoms with Crippen molar-refractivity contribution in [2.24, 2.45) is 0 Å². The molecule has 0 aliphatic rings. The van der Waals surface area contributed by atoms with Crippen LogP contribution in [0, 0.1) is 0 Å². The maximum Gasteiger partial charge on any atom is 0.305 e. The maximum atomic E-state index is 11.6. The van der Waals surface area contributed by atoms with Gasteiger partial charge in [0, 0.05) is 19.4 Å². The normalized spacial score (nSPS) is 9.95. The number of carbonyl (C=O) groups is 2. The van der Waals surface area contributed by atoms with Crippen molar-refractivity contribution in [3.05, 3.63) is 35.9 Å². The van der Waals surface area contributed by atoms with E-state index >= 15 is 0 Å². The molecule has 19 heavy (non-hydrogen) atoms. The SMILES string of the molecule is CCOC(=O)CCCNC(=O)CCc1ccccc1. The van der Waals surface area contributed by atoms with E-state index in [1.807, 2.05) is 30.3 Å². The molecule has 0 aromatic heterocycles. The van der Waals surface area contributed by atoms with Crippen LogP contribution in [0.1, 0.15) is 31.7 Å². The van der Waals surface area contributed by atoms with Crippen LogP contribution in [0.2, 0.25) is 0 Å². The summed E-state index contributed by atoms with van der Waals surface area (Å²) in [5.41, 5.74) is 1.16. The molecule has 0 fully saturated rings. The zero-order valence-corrected chi connectivity index (χ0v) is 11.4. The van der Waals surface area contributed by atoms with Gasteiger partial charge < -0.3 is 10.1 Å². The van der Waals surface area contributed by atoms with Crippen molar-refractivity contribution in [3.63, 3.8) is 0 Å². The third-order valence-corrected chi connectivity index (χ3v) is 2.67. The van der Waals surface area contributed by atoms with Gasteiger partial charge in [-0.15, -0.1) is 0 Å². The van der Waals surface area contributed by atoms with Crippen LogP contribution >= 0.6 is 0 Å². The van der Waals surface area contributed by atoms with E-state index < -0.39 is 0 Å². The molecule has 0 spiro atoms. The fourth-order valence-electron chi connectivity index (χ4n) is 1.68. The molecule has 0 unspecified atom stereocenters. The van der Waals surface area contributed by atoms with E-state index in [-0.39, 0.29) is 11.9 Å². The molecular weight excluding hydrogens is 242 g/mol. The lowest BCUT2D eigenvalue weighted by molar-refractivity contribution is -0.143. The van der Waals surface area contributed by atoms with Gasteiger partial charge in [-0.05, 0) is 25.3 Å². The Morgan fingerprint density at radius 2 is 1.89 bits per heavy atom. The predicted octanol–water partition coefficient (Wildman–Crippen LogP) is 2.08. The molecule has 0 saturated heterocycles. The molecule has 1 rings (SSSR count). The number of aryl methyl sites for hydroxylation is 1. The van der Waals surface area contributed by atoms with Crippen LogP contribution in [0.5, 0.6) is 0 Å². The highest BCUT2D eigenvalue weighted by molar-refractivity contribution is 5.76. The fraction of sp³-hybridized carbons (Fsp3) is 0.467. The van der Waals surface area contributed by atoms with Gasteiger partial charge in [0.1, 0.15) is 0 Å². The monoisotopic (exact) mass is 263 g/mol. The molecule has 104 valence electrons. The largest absolute Gasteiger partial charge is 0.466 e. The highest BCUT2D eigenvalue weighted by atomic mass is 16.5. The lowest BCUT2D eigenvalue weighted by atomic mass is 10.1. The van der Waals surface area contributed by atoms with E-state index in [4.69, 9.17) is 4.74 Å². The second kappa shape index (κ2) is 9.14. The number of rotatable bonds is 8. The molecule has 1 aromatic carbocycles. The van der Waals surface area contributed by atoms with E-state index in [9.17, 15) is 9.59 Å². The van der Waals surface area contributed by atoms with Crippen molar-refractivity contribution in [2.75, 3.05) is 13.2 Å². The summed E-state index contributed by atoms with van der Waals surface area (Å²) < 4.78 is 4.80. The first-order valence-corrected chi connectivity index (χ1v) is 6.68. The average molecular weight is 263 g/mol. The zero-order chi connectivity index (χ0) is 13.9. The Morgan fingerprint density at radius 1 is 1.16 bits per heavy atom. The van der Waals surface area contributed by atoms with Gasteiger partial charge in [-0.25, -0.2) is 0 Å². The lowest BCUT2D eigenvalue weighted by Crippen LogP contribution is -2.25. The van der Waals surface area contributed by atoms with E-state index in [1.165, 1.54) is 0 Å². The Kier molecular flexibility index (Phi) is 7.32. The maximum absolute atomic E-state index is 11.6. The summed E-state index contributed by atoms with van der Waals surface area (Å²) in [6.45, 7) is 2.71. The molecule has 1 N–H and O–H groups in total. The van der Waals surface area contributed by atoms with Gasteiger partial charge in [-0.3, -0.25) is 9.59 Å². The van der Waals surface area contributed by atoms with Crippen molar-refractivity contribution < 1.29 is 14.3 Å². The van der Waals surface area contributed by atoms with E-state index in [0.29, 0.717) is 32.4 Å². The Hall–Kier alpha value is -1.84. The van der Waals surface area contributed by atoms with Crippen molar-refractivity contribution in [3.8, 4) is 0 Å². The average Bonchev–Trinajstić information content (AvgIpc) is 2.43. The topological polar surface area (TPSA) is 55.4 Å². The number of esters is 1. The van der Waals surface area contributed by atoms with E-state index in [1.54, 1.807) is 6.92 Å². The van der Waals surface area contributed by atoms with Crippen LogP contribution in [0.4, 0.5) is 0 Å². The molecule has 1 amide bonds. The Morgan fingerprint density at radius 3 is 2.58 bits per heavy atom. The summed E-state index contributed by atoms with van der Waals surface area (Å²) >= 11 is 0. The highest BCUT2D eigenvalue weighted by Crippen LogP contribution is 2.02. The van der Waals surface area contributed by atoms with Gasteiger partial charge in [0.2, 0.25) is 5.91 Å². The molecule has 0 aliphatic carbocycles. The number of nitrogens with one attached hydrogen (secondary N) is 1. The van der Waals surface area contributed by atoms with Crippen LogP contribution in [0.3, 0.4) is 0 Å². The number of hydrogen-bond donors (Lipinski definition) is 1. The van der Waals surface area contributed by atoms with Crippen molar-refractivity contribution >= 4 is 11.9 Å². The van der Waals surface area contributed by atoms with Gasteiger partial charge in [-0.1, -0.05) is 30.3 Å². The minimum absolute atomic E-state index is 0.0210. The van der Waals surface area contributed by atoms with Gasteiger partial charge in [0.25, 0.3) is 0 Å². The van der Waals surface area contributed by atoms with Crippen molar-refractivity contribution in [2.45, 2.75) is 32.6 Å². The second-order valence-corrected chi connectivity index (χ2v) is 4.24. The molecule has 4 heteroatoms. The highest BCUT2D eigenvalue weighted by Gasteiger charge is 2.04. The van der Waals surface area contributed by atoms with Gasteiger partial charge >= 0.3 is 5.97 Å². The Balaban J connectivity index is 2.07. The Bertz CT molecular complexity index is 390. The molecule has 0 saturated carbocycles. The van der Waals surface area contributed by atoms with Crippen LogP contribution in [-0.2, 0) is 20.7 Å². The minimum Gasteiger partial charge on any atom is -0.466 e. The Labute approximate surface area is 114 Å². The minimum atomic E-state index is -0.207. The molecule has 0 atom stereocenters. The number of hydrogen-bond acceptors (Lipinski definition) is 3. The van der Waals surface area contributed by atoms with Crippen LogP contribution in [0.15, 0.2) is 30.3 Å². The number of carbonyl (C=O) groups excluding carboxylic acids is 2. The standard InChI is InChI=1S/C15H21NO3/c1-2-19-15(18)9-6-12-16-14(17)11-10-13-7-4-3-5-8-13/h3-5,7-8H,2,6,9-12H2,1H3,(H,16,17). The summed E-state index contributed by atoms with van der Waals surface area (Å²) in [6.07, 6.45) is 2.19. The summed E-state index contributed by atoms with van der Waals surface area (Å²) in [5.74, 6) is -0.186. The van der Waals surface area contributed by atoms with Crippen molar-refractivity contribution in [1.82, 2.24) is 5.32 Å². The summed E-state index contributed by atoms with van der Waals surface area (Å²) in [5, 5.41) is 2.80. The molecule has 0 heterocycles. The van der Waals surface area contributed by atoms with Gasteiger partial charge in [-0.2, -0.15) is 0 Å².